The lowest BCUT2D eigenvalue weighted by Crippen LogP contribution is -2.53. The molecule has 4 N–H and O–H groups in total. The second-order valence-electron chi connectivity index (χ2n) is 12.5. The Morgan fingerprint density at radius 3 is 2.42 bits per heavy atom. The smallest absolute Gasteiger partial charge is 0.279 e. The predicted octanol–water partition coefficient (Wildman–Crippen LogP) is 2.34. The molecule has 4 aliphatic rings. The van der Waals surface area contributed by atoms with Crippen molar-refractivity contribution < 1.29 is 18.0 Å². The Hall–Kier alpha value is -2.96. The van der Waals surface area contributed by atoms with E-state index >= 15 is 0 Å². The summed E-state index contributed by atoms with van der Waals surface area (Å²) < 4.78 is 31.3. The van der Waals surface area contributed by atoms with Crippen molar-refractivity contribution in [2.75, 3.05) is 25.0 Å². The highest BCUT2D eigenvalue weighted by Crippen LogP contribution is 2.38. The van der Waals surface area contributed by atoms with Gasteiger partial charge in [0.05, 0.1) is 28.2 Å². The number of benzene rings is 1. The molecule has 216 valence electrons. The van der Waals surface area contributed by atoms with E-state index in [-0.39, 0.29) is 23.5 Å². The third kappa shape index (κ3) is 5.24. The van der Waals surface area contributed by atoms with Gasteiger partial charge in [-0.25, -0.2) is 4.68 Å². The van der Waals surface area contributed by atoms with Crippen LogP contribution in [-0.4, -0.2) is 76.5 Å². The first-order valence-electron chi connectivity index (χ1n) is 14.3. The Bertz CT molecular complexity index is 1450. The summed E-state index contributed by atoms with van der Waals surface area (Å²) in [6.45, 7) is 7.67. The maximum atomic E-state index is 13.6. The van der Waals surface area contributed by atoms with E-state index < -0.39 is 16.1 Å². The van der Waals surface area contributed by atoms with Crippen LogP contribution in [-0.2, 0) is 16.6 Å². The molecule has 2 aliphatic heterocycles. The van der Waals surface area contributed by atoms with Crippen LogP contribution in [0, 0.1) is 12.8 Å². The van der Waals surface area contributed by atoms with E-state index in [9.17, 15) is 18.0 Å². The van der Waals surface area contributed by atoms with Gasteiger partial charge in [-0.15, -0.1) is 0 Å². The molecule has 0 bridgehead atoms. The summed E-state index contributed by atoms with van der Waals surface area (Å²) in [5.41, 5.74) is 9.30. The average Bonchev–Trinajstić information content (AvgIpc) is 3.82. The minimum absolute atomic E-state index is 0.0227. The number of carbonyl (C=O) groups excluding carboxylic acids is 2. The highest BCUT2D eigenvalue weighted by molar-refractivity contribution is 7.87. The Kier molecular flexibility index (Phi) is 6.70. The number of piperidine rings is 1. The van der Waals surface area contributed by atoms with Crippen molar-refractivity contribution >= 4 is 27.7 Å². The van der Waals surface area contributed by atoms with Crippen molar-refractivity contribution in [2.45, 2.75) is 83.3 Å². The number of nitrogens with one attached hydrogen (secondary N) is 2. The Morgan fingerprint density at radius 2 is 1.80 bits per heavy atom. The topological polar surface area (TPSA) is 143 Å². The quantitative estimate of drug-likeness (QED) is 0.423. The molecular formula is C28H39N7O4S. The Labute approximate surface area is 235 Å². The predicted molar refractivity (Wildman–Crippen MR) is 152 cm³/mol. The normalized spacial score (nSPS) is 21.9. The zero-order valence-corrected chi connectivity index (χ0v) is 24.3. The number of aryl methyl sites for hydroxylation is 1. The van der Waals surface area contributed by atoms with Crippen LogP contribution in [0.1, 0.15) is 84.5 Å². The van der Waals surface area contributed by atoms with Crippen molar-refractivity contribution in [3.63, 3.8) is 0 Å². The van der Waals surface area contributed by atoms with Gasteiger partial charge in [0.1, 0.15) is 0 Å². The summed E-state index contributed by atoms with van der Waals surface area (Å²) in [6.07, 6.45) is 6.02. The van der Waals surface area contributed by atoms with E-state index in [1.165, 1.54) is 17.1 Å². The fourth-order valence-electron chi connectivity index (χ4n) is 5.98. The molecule has 1 saturated heterocycles. The molecule has 12 heteroatoms. The van der Waals surface area contributed by atoms with Crippen LogP contribution in [0.15, 0.2) is 18.2 Å². The number of rotatable bonds is 9. The molecule has 6 rings (SSSR count). The van der Waals surface area contributed by atoms with Gasteiger partial charge in [0, 0.05) is 49.4 Å². The van der Waals surface area contributed by atoms with Gasteiger partial charge in [-0.1, -0.05) is 0 Å². The molecule has 0 unspecified atom stereocenters. The molecule has 2 aliphatic carbocycles. The van der Waals surface area contributed by atoms with E-state index in [0.29, 0.717) is 60.8 Å². The number of anilines is 1. The van der Waals surface area contributed by atoms with E-state index in [0.717, 1.165) is 30.8 Å². The van der Waals surface area contributed by atoms with Gasteiger partial charge >= 0.3 is 0 Å². The zero-order chi connectivity index (χ0) is 28.4. The zero-order valence-electron chi connectivity index (χ0n) is 23.4. The number of nitrogens with two attached hydrogens (primary N) is 1. The summed E-state index contributed by atoms with van der Waals surface area (Å²) in [5.74, 6) is 0.0804. The van der Waals surface area contributed by atoms with Crippen LogP contribution < -0.4 is 15.8 Å². The molecule has 1 aromatic carbocycles. The first-order chi connectivity index (χ1) is 18.9. The van der Waals surface area contributed by atoms with Crippen LogP contribution in [0.5, 0.6) is 0 Å². The standard InChI is InChI=1S/C28H39N7O4S/c1-17-25-24(15-28(2,3)34(27(25)37)16-18-4-5-18)35(31-17)21-8-9-22(26(29)36)23(14-21)30-19-10-12-33(13-11-19)40(38,39)32-20-6-7-20/h8-9,14,18-20,30,32H,4-7,10-13,15-16H2,1-3H3,(H2,29,36). The Balaban J connectivity index is 1.25. The minimum atomic E-state index is -3.47. The van der Waals surface area contributed by atoms with Gasteiger partial charge in [-0.05, 0) is 83.4 Å². The molecule has 40 heavy (non-hydrogen) atoms. The monoisotopic (exact) mass is 569 g/mol. The van der Waals surface area contributed by atoms with Gasteiger partial charge in [0.2, 0.25) is 0 Å². The molecular weight excluding hydrogens is 530 g/mol. The summed E-state index contributed by atoms with van der Waals surface area (Å²) in [4.78, 5) is 28.0. The molecule has 3 fully saturated rings. The van der Waals surface area contributed by atoms with E-state index in [1.807, 2.05) is 28.6 Å². The van der Waals surface area contributed by atoms with Gasteiger partial charge in [-0.3, -0.25) is 9.59 Å². The van der Waals surface area contributed by atoms with Gasteiger partial charge in [-0.2, -0.15) is 22.5 Å². The first kappa shape index (κ1) is 27.2. The van der Waals surface area contributed by atoms with Crippen molar-refractivity contribution in [3.8, 4) is 5.69 Å². The lowest BCUT2D eigenvalue weighted by molar-refractivity contribution is 0.0487. The van der Waals surface area contributed by atoms with Gasteiger partial charge in [0.15, 0.2) is 0 Å². The second kappa shape index (κ2) is 9.85. The van der Waals surface area contributed by atoms with Gasteiger partial charge < -0.3 is 16.0 Å². The number of nitrogens with zero attached hydrogens (tertiary/aromatic N) is 4. The third-order valence-corrected chi connectivity index (χ3v) is 10.3. The van der Waals surface area contributed by atoms with E-state index in [4.69, 9.17) is 10.8 Å². The molecule has 11 nitrogen and oxygen atoms in total. The first-order valence-corrected chi connectivity index (χ1v) is 15.8. The number of aromatic nitrogens is 2. The Morgan fingerprint density at radius 1 is 1.10 bits per heavy atom. The molecule has 0 spiro atoms. The fraction of sp³-hybridized carbons (Fsp3) is 0.607. The molecule has 3 heterocycles. The highest BCUT2D eigenvalue weighted by atomic mass is 32.2. The fourth-order valence-corrected chi connectivity index (χ4v) is 7.48. The van der Waals surface area contributed by atoms with Crippen LogP contribution in [0.4, 0.5) is 5.69 Å². The van der Waals surface area contributed by atoms with Crippen molar-refractivity contribution in [1.82, 2.24) is 23.7 Å². The number of primary amides is 1. The van der Waals surface area contributed by atoms with Crippen molar-refractivity contribution in [2.24, 2.45) is 11.7 Å². The average molecular weight is 570 g/mol. The second-order valence-corrected chi connectivity index (χ2v) is 14.2. The molecule has 2 amide bonds. The summed E-state index contributed by atoms with van der Waals surface area (Å²) in [6, 6.07) is 5.41. The van der Waals surface area contributed by atoms with Crippen LogP contribution in [0.25, 0.3) is 5.69 Å². The largest absolute Gasteiger partial charge is 0.382 e. The lowest BCUT2D eigenvalue weighted by Gasteiger charge is -2.42. The summed E-state index contributed by atoms with van der Waals surface area (Å²) in [7, 11) is -3.47. The maximum absolute atomic E-state index is 13.6. The number of hydrogen-bond acceptors (Lipinski definition) is 6. The van der Waals surface area contributed by atoms with Crippen molar-refractivity contribution in [3.05, 3.63) is 40.7 Å². The maximum Gasteiger partial charge on any atom is 0.279 e. The number of amides is 2. The summed E-state index contributed by atoms with van der Waals surface area (Å²) in [5, 5.41) is 8.24. The summed E-state index contributed by atoms with van der Waals surface area (Å²) >= 11 is 0. The van der Waals surface area contributed by atoms with E-state index in [1.54, 1.807) is 6.07 Å². The van der Waals surface area contributed by atoms with E-state index in [2.05, 4.69) is 23.9 Å². The molecule has 2 aromatic rings. The molecule has 2 saturated carbocycles. The van der Waals surface area contributed by atoms with Crippen molar-refractivity contribution in [1.29, 1.82) is 0 Å². The molecule has 1 aromatic heterocycles. The van der Waals surface area contributed by atoms with Crippen LogP contribution in [0.2, 0.25) is 0 Å². The SMILES string of the molecule is Cc1nn(-c2ccc(C(N)=O)c(NC3CCN(S(=O)(=O)NC4CC4)CC3)c2)c2c1C(=O)N(CC1CC1)C(C)(C)C2. The number of carbonyl (C=O) groups is 2. The van der Waals surface area contributed by atoms with Crippen LogP contribution >= 0.6 is 0 Å². The van der Waals surface area contributed by atoms with Gasteiger partial charge in [0.25, 0.3) is 22.0 Å². The molecule has 0 atom stereocenters. The third-order valence-electron chi connectivity index (χ3n) is 8.64. The number of hydrogen-bond donors (Lipinski definition) is 3. The van der Waals surface area contributed by atoms with Crippen LogP contribution in [0.3, 0.4) is 0 Å². The number of fused-ring (bicyclic) bond motifs is 1. The minimum Gasteiger partial charge on any atom is -0.382 e. The highest BCUT2D eigenvalue weighted by Gasteiger charge is 2.44. The lowest BCUT2D eigenvalue weighted by atomic mass is 9.87. The molecule has 0 radical (unpaired) electrons.